The number of rotatable bonds is 7. The van der Waals surface area contributed by atoms with Crippen molar-refractivity contribution in [2.24, 2.45) is 0 Å². The molecule has 0 aliphatic carbocycles. The number of urea groups is 1. The van der Waals surface area contributed by atoms with Crippen LogP contribution in [0.2, 0.25) is 0 Å². The van der Waals surface area contributed by atoms with Gasteiger partial charge in [-0.3, -0.25) is 15.0 Å². The first-order valence-corrected chi connectivity index (χ1v) is 9.42. The lowest BCUT2D eigenvalue weighted by Crippen LogP contribution is -2.38. The Morgan fingerprint density at radius 1 is 0.931 bits per heavy atom. The van der Waals surface area contributed by atoms with Crippen LogP contribution in [0.15, 0.2) is 84.9 Å². The van der Waals surface area contributed by atoms with Crippen LogP contribution in [0.4, 0.5) is 16.2 Å². The first-order valence-electron chi connectivity index (χ1n) is 9.42. The average Bonchev–Trinajstić information content (AvgIpc) is 2.77. The molecule has 0 radical (unpaired) electrons. The Labute approximate surface area is 169 Å². The smallest absolute Gasteiger partial charge is 0.321 e. The van der Waals surface area contributed by atoms with Gasteiger partial charge in [0.15, 0.2) is 0 Å². The summed E-state index contributed by atoms with van der Waals surface area (Å²) in [5, 5.41) is 13.7. The molecule has 6 heteroatoms. The first-order chi connectivity index (χ1) is 14.1. The van der Waals surface area contributed by atoms with Gasteiger partial charge in [0.1, 0.15) is 0 Å². The van der Waals surface area contributed by atoms with Gasteiger partial charge >= 0.3 is 6.03 Å². The maximum atomic E-state index is 12.5. The molecule has 0 bridgehead atoms. The van der Waals surface area contributed by atoms with Crippen LogP contribution in [0, 0.1) is 10.1 Å². The van der Waals surface area contributed by atoms with Crippen LogP contribution in [0.5, 0.6) is 0 Å². The van der Waals surface area contributed by atoms with E-state index in [-0.39, 0.29) is 17.6 Å². The number of amides is 2. The van der Waals surface area contributed by atoms with Gasteiger partial charge in [0.25, 0.3) is 5.69 Å². The molecular weight excluding hydrogens is 366 g/mol. The number of hydrogen-bond donors (Lipinski definition) is 1. The van der Waals surface area contributed by atoms with Crippen molar-refractivity contribution in [2.75, 3.05) is 18.5 Å². The van der Waals surface area contributed by atoms with E-state index in [9.17, 15) is 14.9 Å². The Bertz CT molecular complexity index is 905. The normalized spacial score (nSPS) is 10.6. The van der Waals surface area contributed by atoms with Crippen molar-refractivity contribution in [3.05, 3.63) is 106 Å². The molecule has 0 heterocycles. The van der Waals surface area contributed by atoms with Crippen LogP contribution in [-0.2, 0) is 0 Å². The molecule has 148 valence electrons. The van der Waals surface area contributed by atoms with Gasteiger partial charge in [0.2, 0.25) is 0 Å². The van der Waals surface area contributed by atoms with Gasteiger partial charge in [-0.05, 0) is 29.7 Å². The van der Waals surface area contributed by atoms with Gasteiger partial charge < -0.3 is 5.32 Å². The van der Waals surface area contributed by atoms with E-state index in [4.69, 9.17) is 0 Å². The molecule has 2 amide bonds. The minimum Gasteiger partial charge on any atom is -0.338 e. The average molecular weight is 389 g/mol. The molecule has 0 spiro atoms. The second kappa shape index (κ2) is 9.50. The van der Waals surface area contributed by atoms with Crippen LogP contribution >= 0.6 is 0 Å². The third-order valence-electron chi connectivity index (χ3n) is 4.87. The molecule has 29 heavy (non-hydrogen) atoms. The quantitative estimate of drug-likeness (QED) is 0.458. The summed E-state index contributed by atoms with van der Waals surface area (Å²) in [6, 6.07) is 26.1. The van der Waals surface area contributed by atoms with Crippen molar-refractivity contribution in [3.8, 4) is 0 Å². The summed E-state index contributed by atoms with van der Waals surface area (Å²) >= 11 is 0. The maximum absolute atomic E-state index is 12.5. The summed E-state index contributed by atoms with van der Waals surface area (Å²) in [5.41, 5.74) is 3.00. The number of nitro groups is 1. The summed E-state index contributed by atoms with van der Waals surface area (Å²) in [6.07, 6.45) is 0.758. The fourth-order valence-corrected chi connectivity index (χ4v) is 3.25. The van der Waals surface area contributed by atoms with E-state index in [1.165, 1.54) is 28.2 Å². The van der Waals surface area contributed by atoms with E-state index in [1.807, 2.05) is 36.4 Å². The Hall–Kier alpha value is -3.67. The highest BCUT2D eigenvalue weighted by molar-refractivity contribution is 5.91. The van der Waals surface area contributed by atoms with Gasteiger partial charge in [0, 0.05) is 37.3 Å². The molecule has 0 fully saturated rings. The second-order valence-electron chi connectivity index (χ2n) is 6.73. The summed E-state index contributed by atoms with van der Waals surface area (Å²) in [6.45, 7) is 0.505. The first kappa shape index (κ1) is 20.1. The van der Waals surface area contributed by atoms with E-state index < -0.39 is 4.92 Å². The zero-order valence-corrected chi connectivity index (χ0v) is 16.2. The maximum Gasteiger partial charge on any atom is 0.321 e. The highest BCUT2D eigenvalue weighted by Crippen LogP contribution is 2.27. The zero-order chi connectivity index (χ0) is 20.6. The van der Waals surface area contributed by atoms with Crippen molar-refractivity contribution in [2.45, 2.75) is 12.3 Å². The van der Waals surface area contributed by atoms with Gasteiger partial charge in [-0.15, -0.1) is 0 Å². The van der Waals surface area contributed by atoms with E-state index in [0.717, 1.165) is 6.42 Å². The molecule has 3 aromatic carbocycles. The largest absolute Gasteiger partial charge is 0.338 e. The van der Waals surface area contributed by atoms with Crippen molar-refractivity contribution in [1.29, 1.82) is 0 Å². The molecular formula is C23H23N3O3. The number of carbonyl (C=O) groups is 1. The number of anilines is 1. The minimum atomic E-state index is -0.461. The predicted octanol–water partition coefficient (Wildman–Crippen LogP) is 4.96. The molecule has 0 aromatic heterocycles. The molecule has 0 saturated carbocycles. The fraction of sp³-hybridized carbons (Fsp3) is 0.174. The highest BCUT2D eigenvalue weighted by Gasteiger charge is 2.16. The number of nitrogens with zero attached hydrogens (tertiary/aromatic N) is 2. The Kier molecular flexibility index (Phi) is 6.58. The number of benzene rings is 3. The Morgan fingerprint density at radius 2 is 1.45 bits per heavy atom. The van der Waals surface area contributed by atoms with Crippen LogP contribution < -0.4 is 10.2 Å². The molecule has 0 aliphatic heterocycles. The van der Waals surface area contributed by atoms with E-state index in [0.29, 0.717) is 12.2 Å². The molecule has 1 N–H and O–H groups in total. The number of nitrogens with one attached hydrogen (secondary N) is 1. The van der Waals surface area contributed by atoms with Crippen LogP contribution in [0.1, 0.15) is 23.5 Å². The molecule has 0 aliphatic rings. The fourth-order valence-electron chi connectivity index (χ4n) is 3.25. The summed E-state index contributed by atoms with van der Waals surface area (Å²) in [5.74, 6) is 0.183. The van der Waals surface area contributed by atoms with E-state index in [1.54, 1.807) is 19.2 Å². The molecule has 0 unspecified atom stereocenters. The molecule has 3 aromatic rings. The highest BCUT2D eigenvalue weighted by atomic mass is 16.6. The number of hydrogen-bond acceptors (Lipinski definition) is 3. The lowest BCUT2D eigenvalue weighted by molar-refractivity contribution is -0.384. The zero-order valence-electron chi connectivity index (χ0n) is 16.2. The molecule has 0 atom stereocenters. The van der Waals surface area contributed by atoms with Crippen molar-refractivity contribution in [3.63, 3.8) is 0 Å². The van der Waals surface area contributed by atoms with E-state index >= 15 is 0 Å². The minimum absolute atomic E-state index is 0.00359. The molecule has 3 rings (SSSR count). The summed E-state index contributed by atoms with van der Waals surface area (Å²) in [7, 11) is 1.64. The second-order valence-corrected chi connectivity index (χ2v) is 6.73. The van der Waals surface area contributed by atoms with Gasteiger partial charge in [-0.1, -0.05) is 60.7 Å². The topological polar surface area (TPSA) is 75.5 Å². The number of nitro benzene ring substituents is 1. The predicted molar refractivity (Wildman–Crippen MR) is 114 cm³/mol. The SMILES string of the molecule is CN(C(=O)NCCC(c1ccccc1)c1ccccc1)c1ccc([N+](=O)[O-])cc1. The van der Waals surface area contributed by atoms with Gasteiger partial charge in [-0.2, -0.15) is 0 Å². The van der Waals surface area contributed by atoms with Crippen molar-refractivity contribution >= 4 is 17.4 Å². The van der Waals surface area contributed by atoms with Crippen LogP contribution in [0.3, 0.4) is 0 Å². The number of carbonyl (C=O) groups excluding carboxylic acids is 1. The Morgan fingerprint density at radius 3 is 1.93 bits per heavy atom. The van der Waals surface area contributed by atoms with E-state index in [2.05, 4.69) is 29.6 Å². The van der Waals surface area contributed by atoms with Crippen molar-refractivity contribution < 1.29 is 9.72 Å². The number of non-ortho nitro benzene ring substituents is 1. The monoisotopic (exact) mass is 389 g/mol. The standard InChI is InChI=1S/C23H23N3O3/c1-25(20-12-14-21(15-13-20)26(28)29)23(27)24-17-16-22(18-8-4-2-5-9-18)19-10-6-3-7-11-19/h2-15,22H,16-17H2,1H3,(H,24,27). The van der Waals surface area contributed by atoms with Crippen molar-refractivity contribution in [1.82, 2.24) is 5.32 Å². The third-order valence-corrected chi connectivity index (χ3v) is 4.87. The van der Waals surface area contributed by atoms with Crippen LogP contribution in [0.25, 0.3) is 0 Å². The van der Waals surface area contributed by atoms with Gasteiger partial charge in [0.05, 0.1) is 4.92 Å². The Balaban J connectivity index is 1.63. The molecule has 0 saturated heterocycles. The third kappa shape index (κ3) is 5.19. The van der Waals surface area contributed by atoms with Gasteiger partial charge in [-0.25, -0.2) is 4.79 Å². The summed E-state index contributed by atoms with van der Waals surface area (Å²) in [4.78, 5) is 24.3. The lowest BCUT2D eigenvalue weighted by atomic mass is 9.88. The lowest BCUT2D eigenvalue weighted by Gasteiger charge is -2.21. The molecule has 6 nitrogen and oxygen atoms in total. The van der Waals surface area contributed by atoms with Crippen LogP contribution in [-0.4, -0.2) is 24.5 Å². The summed E-state index contributed by atoms with van der Waals surface area (Å²) < 4.78 is 0.